The highest BCUT2D eigenvalue weighted by atomic mass is 16.9. The van der Waals surface area contributed by atoms with E-state index < -0.39 is 371 Å². The largest absolute Gasteiger partial charge is 0.410 e. The molecular formula is C67H112N4O47. The molecule has 0 bridgehead atoms. The maximum Gasteiger partial charge on any atom is 0.332 e. The van der Waals surface area contributed by atoms with Crippen LogP contribution < -0.4 is 21.3 Å². The monoisotopic (exact) mass is 1720 g/mol. The van der Waals surface area contributed by atoms with Gasteiger partial charge in [0.05, 0.1) is 90.2 Å². The van der Waals surface area contributed by atoms with E-state index in [9.17, 15) is 147 Å². The molecule has 9 aliphatic rings. The Morgan fingerprint density at radius 2 is 0.737 bits per heavy atom. The Kier molecular flexibility index (Phi) is 35.2. The normalized spacial score (nSPS) is 47.5. The van der Waals surface area contributed by atoms with Gasteiger partial charge in [0, 0.05) is 33.6 Å². The van der Waals surface area contributed by atoms with Gasteiger partial charge >= 0.3 is 5.97 Å². The fourth-order valence-electron chi connectivity index (χ4n) is 15.4. The van der Waals surface area contributed by atoms with Crippen LogP contribution in [0.2, 0.25) is 0 Å². The molecule has 51 heteroatoms. The Morgan fingerprint density at radius 3 is 1.19 bits per heavy atom. The Morgan fingerprint density at radius 1 is 0.381 bits per heavy atom. The lowest BCUT2D eigenvalue weighted by Gasteiger charge is -2.51. The fourth-order valence-corrected chi connectivity index (χ4v) is 15.4. The van der Waals surface area contributed by atoms with Gasteiger partial charge in [0.1, 0.15) is 201 Å². The lowest BCUT2D eigenvalue weighted by Crippen LogP contribution is -2.70. The maximum atomic E-state index is 13.1. The third-order valence-electron chi connectivity index (χ3n) is 21.9. The van der Waals surface area contributed by atoms with Gasteiger partial charge in [-0.05, 0) is 6.92 Å². The number of rotatable bonds is 33. The topological polar surface area (TPSA) is 785 Å². The molecule has 0 aromatic rings. The minimum Gasteiger partial charge on any atom is -0.410 e. The van der Waals surface area contributed by atoms with Gasteiger partial charge in [-0.25, -0.2) is 0 Å². The molecule has 0 aromatic carbocycles. The number of hydrogen-bond acceptors (Lipinski definition) is 47. The van der Waals surface area contributed by atoms with E-state index in [2.05, 4.69) is 21.3 Å². The first kappa shape index (κ1) is 97.5. The fraction of sp³-hybridized carbons (Fsp3) is 0.925. The zero-order chi connectivity index (χ0) is 87.1. The average Bonchev–Trinajstić information content (AvgIpc) is 0.789. The van der Waals surface area contributed by atoms with Gasteiger partial charge in [0.15, 0.2) is 44.0 Å². The zero-order valence-corrected chi connectivity index (χ0v) is 64.3. The van der Waals surface area contributed by atoms with Crippen LogP contribution >= 0.6 is 0 Å². The second kappa shape index (κ2) is 42.6. The van der Waals surface area contributed by atoms with Crippen LogP contribution in [-0.2, 0) is 109 Å². The molecule has 0 aromatic heterocycles. The van der Waals surface area contributed by atoms with Crippen LogP contribution in [0.15, 0.2) is 0 Å². The average molecular weight is 1730 g/mol. The van der Waals surface area contributed by atoms with Crippen molar-refractivity contribution in [3.8, 4) is 0 Å². The Hall–Kier alpha value is -4.29. The van der Waals surface area contributed by atoms with E-state index in [0.29, 0.717) is 0 Å². The van der Waals surface area contributed by atoms with Gasteiger partial charge in [-0.15, -0.1) is 0 Å². The van der Waals surface area contributed by atoms with Crippen LogP contribution in [0.3, 0.4) is 0 Å². The van der Waals surface area contributed by atoms with Crippen LogP contribution in [0.4, 0.5) is 0 Å². The van der Waals surface area contributed by atoms with Crippen molar-refractivity contribution < 1.29 is 232 Å². The highest BCUT2D eigenvalue weighted by Crippen LogP contribution is 2.42. The number of aliphatic hydroxyl groups excluding tert-OH is 24. The molecule has 0 radical (unpaired) electrons. The minimum absolute atomic E-state index is 0.183. The van der Waals surface area contributed by atoms with Crippen LogP contribution in [0, 0.1) is 5.92 Å². The predicted octanol–water partition coefficient (Wildman–Crippen LogP) is -18.5. The van der Waals surface area contributed by atoms with Crippen molar-refractivity contribution in [3.63, 3.8) is 0 Å². The lowest BCUT2D eigenvalue weighted by molar-refractivity contribution is -0.424. The molecule has 682 valence electrons. The first-order valence-electron chi connectivity index (χ1n) is 37.9. The molecule has 118 heavy (non-hydrogen) atoms. The summed E-state index contributed by atoms with van der Waals surface area (Å²) in [5, 5.41) is 278. The third kappa shape index (κ3) is 21.8. The van der Waals surface area contributed by atoms with Crippen molar-refractivity contribution in [1.82, 2.24) is 21.3 Å². The van der Waals surface area contributed by atoms with Crippen LogP contribution in [0.25, 0.3) is 0 Å². The first-order chi connectivity index (χ1) is 55.8. The van der Waals surface area contributed by atoms with Crippen LogP contribution in [-0.4, -0.2) is 488 Å². The number of carbonyl (C=O) groups is 5. The molecular weight excluding hydrogens is 1610 g/mol. The van der Waals surface area contributed by atoms with Crippen molar-refractivity contribution in [3.05, 3.63) is 0 Å². The quantitative estimate of drug-likeness (QED) is 0.0214. The van der Waals surface area contributed by atoms with Crippen molar-refractivity contribution in [2.24, 2.45) is 5.92 Å². The second-order valence-corrected chi connectivity index (χ2v) is 30.1. The van der Waals surface area contributed by atoms with Crippen LogP contribution in [0.5, 0.6) is 0 Å². The number of aliphatic hydroxyl groups is 24. The number of carbonyl (C=O) groups excluding carboxylic acids is 5. The number of amides is 4. The highest BCUT2D eigenvalue weighted by molar-refractivity contribution is 5.74. The van der Waals surface area contributed by atoms with Crippen LogP contribution in [0.1, 0.15) is 48.0 Å². The van der Waals surface area contributed by atoms with E-state index in [1.165, 1.54) is 13.8 Å². The van der Waals surface area contributed by atoms with Crippen molar-refractivity contribution >= 4 is 30.1 Å². The molecule has 28 N–H and O–H groups in total. The van der Waals surface area contributed by atoms with Gasteiger partial charge < -0.3 is 229 Å². The lowest BCUT2D eigenvalue weighted by atomic mass is 9.87. The summed E-state index contributed by atoms with van der Waals surface area (Å²) in [6, 6.07) is -6.84. The minimum atomic E-state index is -2.65. The van der Waals surface area contributed by atoms with E-state index in [0.717, 1.165) is 27.7 Å². The molecule has 9 rings (SSSR count). The second-order valence-electron chi connectivity index (χ2n) is 30.1. The summed E-state index contributed by atoms with van der Waals surface area (Å²) in [4.78, 5) is 62.7. The molecule has 0 saturated carbocycles. The summed E-state index contributed by atoms with van der Waals surface area (Å²) in [6.07, 6.45) is -81.9. The smallest absolute Gasteiger partial charge is 0.332 e. The molecule has 46 atom stereocenters. The van der Waals surface area contributed by atoms with Gasteiger partial charge in [0.25, 0.3) is 6.47 Å². The molecule has 9 aliphatic heterocycles. The summed E-state index contributed by atoms with van der Waals surface area (Å²) in [5.41, 5.74) is 0. The molecule has 9 fully saturated rings. The van der Waals surface area contributed by atoms with Crippen molar-refractivity contribution in [2.45, 2.75) is 324 Å². The van der Waals surface area contributed by atoms with Gasteiger partial charge in [-0.2, -0.15) is 0 Å². The standard InChI is InChI=1S/C67H112N4O47/c1-18-24(84)7-67(103-17-79,118-53(18)38(86)25(85)8-72)102-16-33-42(90)48(96)51(99)63(111-33)113-55-30(13-77)109-62(37(47(55)95)71-23(6)83)116-58-49(97)40(88)27(10-74)106-65(58)101-15-32-43(91)57(115-66-59(50(98)41(89)28(11-75)107-66)117-60-35(69-21(4)81)44(92)39(87)26(9-73)105-60)52(100)64(110-32)114-56-31(14-78)108-61(36(46(56)94)70-22(5)82)112-54-29(12-76)104-19(2)34(45(54)93)68-20(3)80/h17-19,24-66,72-78,84-100H,7-16H2,1-6H3,(H,68,80)(H,69,81)(H,70,82)(H,71,83)/t18-,19+,24-,25?,26?,27?,28?,29?,30+,31?,32?,33?,34?,35?,36?,37?,38?,39-,40-,41-,42+,43-,44-,45-,46-,47?,48+,49+,50?,51?,52?,53?,54-,55-,56-,57+,58?,59?,60+,61+,62+,63+,64+,65+,66-,67+/m1/s1. The molecule has 4 amide bonds. The Labute approximate surface area is 670 Å². The maximum absolute atomic E-state index is 13.1. The molecule has 9 saturated heterocycles. The van der Waals surface area contributed by atoms with E-state index >= 15 is 0 Å². The van der Waals surface area contributed by atoms with Gasteiger partial charge in [0.2, 0.25) is 23.6 Å². The molecule has 0 aliphatic carbocycles. The zero-order valence-electron chi connectivity index (χ0n) is 64.3. The molecule has 20 unspecified atom stereocenters. The Bertz CT molecular complexity index is 3180. The number of ether oxygens (including phenoxy) is 18. The van der Waals surface area contributed by atoms with Crippen molar-refractivity contribution in [1.29, 1.82) is 0 Å². The molecule has 51 nitrogen and oxygen atoms in total. The third-order valence-corrected chi connectivity index (χ3v) is 21.9. The summed E-state index contributed by atoms with van der Waals surface area (Å²) in [5.74, 6) is -7.04. The van der Waals surface area contributed by atoms with Crippen molar-refractivity contribution in [2.75, 3.05) is 59.5 Å². The van der Waals surface area contributed by atoms with E-state index in [4.69, 9.17) is 85.3 Å². The first-order valence-corrected chi connectivity index (χ1v) is 37.9. The highest BCUT2D eigenvalue weighted by Gasteiger charge is 2.61. The number of nitrogens with one attached hydrogen (secondary N) is 4. The number of hydrogen-bond donors (Lipinski definition) is 28. The Balaban J connectivity index is 1.01. The summed E-state index contributed by atoms with van der Waals surface area (Å²) < 4.78 is 107. The summed E-state index contributed by atoms with van der Waals surface area (Å²) >= 11 is 0. The predicted molar refractivity (Wildman–Crippen MR) is 367 cm³/mol. The molecule has 0 spiro atoms. The van der Waals surface area contributed by atoms with Gasteiger partial charge in [-0.3, -0.25) is 24.0 Å². The van der Waals surface area contributed by atoms with Gasteiger partial charge in [-0.1, -0.05) is 6.92 Å². The summed E-state index contributed by atoms with van der Waals surface area (Å²) in [6.45, 7) is -3.02. The van der Waals surface area contributed by atoms with E-state index in [-0.39, 0.29) is 6.47 Å². The van der Waals surface area contributed by atoms with E-state index in [1.807, 2.05) is 0 Å². The van der Waals surface area contributed by atoms with E-state index in [1.54, 1.807) is 0 Å². The summed E-state index contributed by atoms with van der Waals surface area (Å²) in [7, 11) is 0. The molecule has 9 heterocycles. The SMILES string of the molecule is CC(=O)NC1C(O)[C@H](O[C@@H]2OC(CO[C@]3(OC=O)C[C@@H](O)[C@@H](C)C(C(O)C(O)CO)O3)[C@H](O)[C@H](O)C2O)[C@H](CO)O[C@H]1OC1[C@@H](OCC2O[C@@H](O[C@@H]3C(CO)O[C@@H](O[C@@H]4C(CO)O[C@@H](C)C(NC(C)=O)[C@H]4O)C(NC(C)=O)[C@H]3O)C(O)[C@@H](O[C@H]3OC(CO)[C@@H](O)C(O)C3O[C@@H]3OC(CO)[C@@H](O)[C@H](O)C3NC(C)=O)[C@@H]2O)OC(CO)[C@@H](O)[C@@H]1O.